The molecule has 0 bridgehead atoms. The van der Waals surface area contributed by atoms with Gasteiger partial charge in [0.05, 0.1) is 23.1 Å². The Kier molecular flexibility index (Phi) is 7.52. The largest absolute Gasteiger partial charge is 0.463 e. The van der Waals surface area contributed by atoms with Gasteiger partial charge in [0, 0.05) is 61.3 Å². The number of carbonyl (C=O) groups is 2. The van der Waals surface area contributed by atoms with Crippen molar-refractivity contribution in [1.29, 1.82) is 0 Å². The van der Waals surface area contributed by atoms with Crippen molar-refractivity contribution in [3.63, 3.8) is 0 Å². The SMILES string of the molecule is CCOC(=O)C1=C(CN2CCN(c3ccc(Cl)cc3)CC2)NC(=O)N[C@@H]1c1ccc([N+](=O)[O-])cc1. The second kappa shape index (κ2) is 10.7. The molecule has 2 heterocycles. The van der Waals surface area contributed by atoms with E-state index in [-0.39, 0.29) is 12.3 Å². The third kappa shape index (κ3) is 5.72. The lowest BCUT2D eigenvalue weighted by Gasteiger charge is -2.38. The highest BCUT2D eigenvalue weighted by atomic mass is 35.5. The number of urea groups is 1. The minimum atomic E-state index is -0.783. The molecule has 1 saturated heterocycles. The lowest BCUT2D eigenvalue weighted by molar-refractivity contribution is -0.384. The number of piperazine rings is 1. The van der Waals surface area contributed by atoms with Gasteiger partial charge in [-0.15, -0.1) is 0 Å². The van der Waals surface area contributed by atoms with Gasteiger partial charge in [0.25, 0.3) is 5.69 Å². The summed E-state index contributed by atoms with van der Waals surface area (Å²) < 4.78 is 5.30. The van der Waals surface area contributed by atoms with Gasteiger partial charge in [-0.3, -0.25) is 15.0 Å². The number of nitro benzene ring substituents is 1. The first-order valence-corrected chi connectivity index (χ1v) is 11.7. The molecule has 0 saturated carbocycles. The van der Waals surface area contributed by atoms with E-state index in [2.05, 4.69) is 20.4 Å². The van der Waals surface area contributed by atoms with Crippen molar-refractivity contribution in [2.45, 2.75) is 13.0 Å². The van der Waals surface area contributed by atoms with E-state index < -0.39 is 23.0 Å². The van der Waals surface area contributed by atoms with E-state index in [1.807, 2.05) is 24.3 Å². The van der Waals surface area contributed by atoms with Gasteiger partial charge in [-0.2, -0.15) is 0 Å². The van der Waals surface area contributed by atoms with Crippen molar-refractivity contribution in [2.75, 3.05) is 44.2 Å². The topological polar surface area (TPSA) is 117 Å². The first kappa shape index (κ1) is 24.5. The van der Waals surface area contributed by atoms with Crippen LogP contribution in [0, 0.1) is 10.1 Å². The van der Waals surface area contributed by atoms with Crippen LogP contribution >= 0.6 is 11.6 Å². The van der Waals surface area contributed by atoms with Crippen LogP contribution in [0.3, 0.4) is 0 Å². The Hall–Kier alpha value is -3.63. The number of nitro groups is 1. The van der Waals surface area contributed by atoms with Crippen LogP contribution in [0.5, 0.6) is 0 Å². The fourth-order valence-electron chi connectivity index (χ4n) is 4.27. The van der Waals surface area contributed by atoms with E-state index in [4.69, 9.17) is 16.3 Å². The monoisotopic (exact) mass is 499 g/mol. The van der Waals surface area contributed by atoms with Gasteiger partial charge in [-0.05, 0) is 48.9 Å². The Bertz CT molecular complexity index is 1130. The lowest BCUT2D eigenvalue weighted by atomic mass is 9.94. The van der Waals surface area contributed by atoms with Gasteiger partial charge in [-0.25, -0.2) is 9.59 Å². The highest BCUT2D eigenvalue weighted by molar-refractivity contribution is 6.30. The first-order valence-electron chi connectivity index (χ1n) is 11.3. The summed E-state index contributed by atoms with van der Waals surface area (Å²) in [7, 11) is 0. The predicted molar refractivity (Wildman–Crippen MR) is 131 cm³/mol. The number of amides is 2. The van der Waals surface area contributed by atoms with Gasteiger partial charge in [0.15, 0.2) is 0 Å². The number of nitrogens with zero attached hydrogens (tertiary/aromatic N) is 3. The Morgan fingerprint density at radius 1 is 1.11 bits per heavy atom. The van der Waals surface area contributed by atoms with E-state index in [0.717, 1.165) is 31.9 Å². The van der Waals surface area contributed by atoms with Crippen LogP contribution in [0.1, 0.15) is 18.5 Å². The molecule has 2 aliphatic heterocycles. The maximum atomic E-state index is 13.0. The fourth-order valence-corrected chi connectivity index (χ4v) is 4.40. The number of nitrogens with one attached hydrogen (secondary N) is 2. The number of ether oxygens (including phenoxy) is 1. The summed E-state index contributed by atoms with van der Waals surface area (Å²) in [5, 5.41) is 17.3. The molecule has 1 atom stereocenters. The Balaban J connectivity index is 1.55. The standard InChI is InChI=1S/C24H26ClN5O5/c1-2-35-23(31)21-20(15-28-11-13-29(14-12-28)18-9-5-17(25)6-10-18)26-24(32)27-22(21)16-3-7-19(8-4-16)30(33)34/h3-10,22H,2,11-15H2,1H3,(H2,26,27,32)/t22-/m1/s1. The van der Waals surface area contributed by atoms with E-state index >= 15 is 0 Å². The molecule has 35 heavy (non-hydrogen) atoms. The number of halogens is 1. The van der Waals surface area contributed by atoms with Gasteiger partial charge >= 0.3 is 12.0 Å². The zero-order valence-electron chi connectivity index (χ0n) is 19.2. The van der Waals surface area contributed by atoms with Gasteiger partial charge in [0.2, 0.25) is 0 Å². The van der Waals surface area contributed by atoms with E-state index in [1.54, 1.807) is 6.92 Å². The van der Waals surface area contributed by atoms with Gasteiger partial charge < -0.3 is 20.3 Å². The van der Waals surface area contributed by atoms with Crippen LogP contribution in [0.15, 0.2) is 59.8 Å². The summed E-state index contributed by atoms with van der Waals surface area (Å²) in [4.78, 5) is 40.4. The smallest absolute Gasteiger partial charge is 0.338 e. The van der Waals surface area contributed by atoms with Crippen LogP contribution in [0.2, 0.25) is 5.02 Å². The summed E-state index contributed by atoms with van der Waals surface area (Å²) in [5.74, 6) is -0.543. The van der Waals surface area contributed by atoms with Gasteiger partial charge in [0.1, 0.15) is 0 Å². The molecule has 4 rings (SSSR count). The van der Waals surface area contributed by atoms with Crippen LogP contribution in [-0.2, 0) is 9.53 Å². The number of hydrogen-bond acceptors (Lipinski definition) is 7. The number of carbonyl (C=O) groups excluding carboxylic acids is 2. The molecule has 11 heteroatoms. The Morgan fingerprint density at radius 2 is 1.77 bits per heavy atom. The summed E-state index contributed by atoms with van der Waals surface area (Å²) in [6.45, 7) is 5.27. The van der Waals surface area contributed by atoms with Crippen molar-refractivity contribution < 1.29 is 19.2 Å². The van der Waals surface area contributed by atoms with E-state index in [0.29, 0.717) is 28.4 Å². The van der Waals surface area contributed by atoms with Crippen LogP contribution < -0.4 is 15.5 Å². The second-order valence-electron chi connectivity index (χ2n) is 8.23. The summed E-state index contributed by atoms with van der Waals surface area (Å²) in [6.07, 6.45) is 0. The van der Waals surface area contributed by atoms with Crippen molar-refractivity contribution in [3.8, 4) is 0 Å². The molecule has 0 radical (unpaired) electrons. The van der Waals surface area contributed by atoms with Crippen molar-refractivity contribution >= 4 is 35.0 Å². The van der Waals surface area contributed by atoms with Crippen molar-refractivity contribution in [3.05, 3.63) is 80.5 Å². The summed E-state index contributed by atoms with van der Waals surface area (Å²) in [6, 6.07) is 12.2. The highest BCUT2D eigenvalue weighted by Crippen LogP contribution is 2.30. The number of benzene rings is 2. The molecular formula is C24H26ClN5O5. The molecule has 10 nitrogen and oxygen atoms in total. The molecule has 0 unspecified atom stereocenters. The number of non-ortho nitro benzene ring substituents is 1. The molecule has 2 amide bonds. The maximum absolute atomic E-state index is 13.0. The summed E-state index contributed by atoms with van der Waals surface area (Å²) >= 11 is 5.99. The number of hydrogen-bond donors (Lipinski definition) is 2. The highest BCUT2D eigenvalue weighted by Gasteiger charge is 2.35. The molecule has 2 N–H and O–H groups in total. The minimum Gasteiger partial charge on any atom is -0.463 e. The molecule has 0 spiro atoms. The quantitative estimate of drug-likeness (QED) is 0.341. The molecule has 0 aromatic heterocycles. The minimum absolute atomic E-state index is 0.0746. The Morgan fingerprint density at radius 3 is 2.37 bits per heavy atom. The van der Waals surface area contributed by atoms with Crippen LogP contribution in [-0.4, -0.2) is 61.2 Å². The fraction of sp³-hybridized carbons (Fsp3) is 0.333. The number of rotatable bonds is 7. The van der Waals surface area contributed by atoms with E-state index in [1.165, 1.54) is 24.3 Å². The van der Waals surface area contributed by atoms with E-state index in [9.17, 15) is 19.7 Å². The van der Waals surface area contributed by atoms with Crippen LogP contribution in [0.4, 0.5) is 16.2 Å². The van der Waals surface area contributed by atoms with Crippen LogP contribution in [0.25, 0.3) is 0 Å². The predicted octanol–water partition coefficient (Wildman–Crippen LogP) is 3.24. The zero-order valence-corrected chi connectivity index (χ0v) is 20.0. The lowest BCUT2D eigenvalue weighted by Crippen LogP contribution is -2.51. The Labute approximate surface area is 207 Å². The molecule has 2 aromatic rings. The summed E-state index contributed by atoms with van der Waals surface area (Å²) in [5.41, 5.74) is 2.33. The first-order chi connectivity index (χ1) is 16.9. The normalized spacial score (nSPS) is 18.6. The van der Waals surface area contributed by atoms with Gasteiger partial charge in [-0.1, -0.05) is 11.6 Å². The molecule has 1 fully saturated rings. The molecule has 2 aliphatic rings. The van der Waals surface area contributed by atoms with Crippen molar-refractivity contribution in [1.82, 2.24) is 15.5 Å². The maximum Gasteiger partial charge on any atom is 0.338 e. The average Bonchev–Trinajstić information content (AvgIpc) is 2.85. The third-order valence-corrected chi connectivity index (χ3v) is 6.28. The zero-order chi connectivity index (χ0) is 24.9. The number of anilines is 1. The van der Waals surface area contributed by atoms with Crippen molar-refractivity contribution in [2.24, 2.45) is 0 Å². The molecule has 2 aromatic carbocycles. The molecule has 184 valence electrons. The average molecular weight is 500 g/mol. The molecular weight excluding hydrogens is 474 g/mol. The molecule has 0 aliphatic carbocycles. The second-order valence-corrected chi connectivity index (χ2v) is 8.67. The third-order valence-electron chi connectivity index (χ3n) is 6.03. The number of esters is 1.